The molecule has 1 heterocycles. The molecule has 27 heavy (non-hydrogen) atoms. The number of thioether (sulfide) groups is 1. The molecule has 5 nitrogen and oxygen atoms in total. The highest BCUT2D eigenvalue weighted by atomic mass is 32.2. The third-order valence-corrected chi connectivity index (χ3v) is 6.02. The van der Waals surface area contributed by atoms with Crippen molar-refractivity contribution in [1.82, 2.24) is 15.1 Å². The minimum absolute atomic E-state index is 0.106. The van der Waals surface area contributed by atoms with Crippen molar-refractivity contribution in [3.8, 4) is 0 Å². The molecule has 1 amide bonds. The molecule has 0 radical (unpaired) electrons. The molecule has 140 valence electrons. The molecule has 0 fully saturated rings. The van der Waals surface area contributed by atoms with Crippen LogP contribution in [0.1, 0.15) is 18.1 Å². The fourth-order valence-electron chi connectivity index (χ4n) is 2.54. The van der Waals surface area contributed by atoms with Gasteiger partial charge >= 0.3 is 0 Å². The Morgan fingerprint density at radius 2 is 1.85 bits per heavy atom. The van der Waals surface area contributed by atoms with E-state index in [1.54, 1.807) is 0 Å². The molecule has 1 N–H and O–H groups in total. The number of para-hydroxylation sites is 1. The number of anilines is 2. The molecule has 0 atom stereocenters. The van der Waals surface area contributed by atoms with Gasteiger partial charge in [0.15, 0.2) is 4.34 Å². The summed E-state index contributed by atoms with van der Waals surface area (Å²) >= 11 is 2.89. The van der Waals surface area contributed by atoms with Crippen LogP contribution in [0.4, 0.5) is 10.8 Å². The molecule has 1 aromatic heterocycles. The average Bonchev–Trinajstić information content (AvgIpc) is 3.14. The van der Waals surface area contributed by atoms with Gasteiger partial charge in [-0.05, 0) is 31.0 Å². The number of amides is 1. The zero-order valence-electron chi connectivity index (χ0n) is 15.4. The van der Waals surface area contributed by atoms with E-state index in [0.717, 1.165) is 26.3 Å². The number of hydrogen-bond acceptors (Lipinski definition) is 6. The van der Waals surface area contributed by atoms with E-state index in [1.807, 2.05) is 73.3 Å². The fraction of sp³-hybridized carbons (Fsp3) is 0.250. The first kappa shape index (κ1) is 19.4. The maximum absolute atomic E-state index is 12.5. The Kier molecular flexibility index (Phi) is 6.84. The van der Waals surface area contributed by atoms with Gasteiger partial charge in [0.2, 0.25) is 11.0 Å². The van der Waals surface area contributed by atoms with Crippen LogP contribution in [0.25, 0.3) is 0 Å². The first-order chi connectivity index (χ1) is 13.2. The smallest absolute Gasteiger partial charge is 0.233 e. The molecule has 2 aromatic carbocycles. The monoisotopic (exact) mass is 398 g/mol. The lowest BCUT2D eigenvalue weighted by Crippen LogP contribution is -2.31. The van der Waals surface area contributed by atoms with Crippen LogP contribution in [-0.2, 0) is 11.3 Å². The van der Waals surface area contributed by atoms with E-state index < -0.39 is 0 Å². The Hall–Kier alpha value is -2.38. The third-order valence-electron chi connectivity index (χ3n) is 4.06. The zero-order valence-corrected chi connectivity index (χ0v) is 17.0. The largest absolute Gasteiger partial charge is 0.338 e. The molecule has 0 unspecified atom stereocenters. The van der Waals surface area contributed by atoms with E-state index in [-0.39, 0.29) is 5.91 Å². The molecular formula is C20H22N4OS2. The van der Waals surface area contributed by atoms with Crippen LogP contribution >= 0.6 is 23.1 Å². The Balaban J connectivity index is 1.54. The van der Waals surface area contributed by atoms with Crippen LogP contribution in [0.2, 0.25) is 0 Å². The highest BCUT2D eigenvalue weighted by molar-refractivity contribution is 8.01. The summed E-state index contributed by atoms with van der Waals surface area (Å²) in [6, 6.07) is 18.1. The number of nitrogens with zero attached hydrogens (tertiary/aromatic N) is 3. The highest BCUT2D eigenvalue weighted by Gasteiger charge is 2.14. The molecular weight excluding hydrogens is 376 g/mol. The van der Waals surface area contributed by atoms with Crippen molar-refractivity contribution in [3.05, 3.63) is 65.7 Å². The van der Waals surface area contributed by atoms with Crippen molar-refractivity contribution in [2.24, 2.45) is 0 Å². The lowest BCUT2D eigenvalue weighted by molar-refractivity contribution is -0.128. The third kappa shape index (κ3) is 5.55. The van der Waals surface area contributed by atoms with Gasteiger partial charge in [-0.25, -0.2) is 0 Å². The Bertz CT molecular complexity index is 882. The van der Waals surface area contributed by atoms with Crippen molar-refractivity contribution >= 4 is 39.8 Å². The van der Waals surface area contributed by atoms with E-state index >= 15 is 0 Å². The molecule has 0 saturated carbocycles. The topological polar surface area (TPSA) is 58.1 Å². The standard InChI is InChI=1S/C20H22N4OS2/c1-3-24(13-16-10-5-4-6-11-16)18(25)14-26-20-23-22-19(27-20)21-17-12-8-7-9-15(17)2/h4-12H,3,13-14H2,1-2H3,(H,21,22). The minimum Gasteiger partial charge on any atom is -0.338 e. The lowest BCUT2D eigenvalue weighted by Gasteiger charge is -2.20. The molecule has 7 heteroatoms. The van der Waals surface area contributed by atoms with Gasteiger partial charge in [0, 0.05) is 18.8 Å². The van der Waals surface area contributed by atoms with Gasteiger partial charge in [0.25, 0.3) is 0 Å². The van der Waals surface area contributed by atoms with Gasteiger partial charge in [-0.2, -0.15) is 0 Å². The Morgan fingerprint density at radius 3 is 2.59 bits per heavy atom. The normalized spacial score (nSPS) is 10.6. The second-order valence-electron chi connectivity index (χ2n) is 6.00. The molecule has 0 spiro atoms. The van der Waals surface area contributed by atoms with Crippen LogP contribution in [-0.4, -0.2) is 33.3 Å². The number of nitrogens with one attached hydrogen (secondary N) is 1. The maximum atomic E-state index is 12.5. The molecule has 0 aliphatic heterocycles. The molecule has 3 aromatic rings. The van der Waals surface area contributed by atoms with Crippen LogP contribution in [0.3, 0.4) is 0 Å². The van der Waals surface area contributed by atoms with Crippen molar-refractivity contribution in [2.45, 2.75) is 24.7 Å². The van der Waals surface area contributed by atoms with Crippen LogP contribution in [0.5, 0.6) is 0 Å². The van der Waals surface area contributed by atoms with Gasteiger partial charge in [-0.3, -0.25) is 4.79 Å². The minimum atomic E-state index is 0.106. The first-order valence-electron chi connectivity index (χ1n) is 8.76. The van der Waals surface area contributed by atoms with Gasteiger partial charge in [0.1, 0.15) is 0 Å². The highest BCUT2D eigenvalue weighted by Crippen LogP contribution is 2.28. The molecule has 0 bridgehead atoms. The number of hydrogen-bond donors (Lipinski definition) is 1. The summed E-state index contributed by atoms with van der Waals surface area (Å²) in [5.41, 5.74) is 3.30. The number of benzene rings is 2. The van der Waals surface area contributed by atoms with Gasteiger partial charge < -0.3 is 10.2 Å². The lowest BCUT2D eigenvalue weighted by atomic mass is 10.2. The maximum Gasteiger partial charge on any atom is 0.233 e. The van der Waals surface area contributed by atoms with Gasteiger partial charge in [-0.15, -0.1) is 10.2 Å². The molecule has 3 rings (SSSR count). The second-order valence-corrected chi connectivity index (χ2v) is 8.20. The molecule has 0 saturated heterocycles. The Labute approximate surface area is 167 Å². The average molecular weight is 399 g/mol. The van der Waals surface area contributed by atoms with Crippen LogP contribution in [0, 0.1) is 6.92 Å². The van der Waals surface area contributed by atoms with Crippen molar-refractivity contribution in [2.75, 3.05) is 17.6 Å². The second kappa shape index (κ2) is 9.53. The van der Waals surface area contributed by atoms with E-state index in [1.165, 1.54) is 23.1 Å². The van der Waals surface area contributed by atoms with E-state index in [4.69, 9.17) is 0 Å². The van der Waals surface area contributed by atoms with E-state index in [2.05, 4.69) is 15.5 Å². The van der Waals surface area contributed by atoms with Crippen molar-refractivity contribution < 1.29 is 4.79 Å². The summed E-state index contributed by atoms with van der Waals surface area (Å²) in [6.45, 7) is 5.36. The fourth-order valence-corrected chi connectivity index (χ4v) is 4.21. The summed E-state index contributed by atoms with van der Waals surface area (Å²) in [4.78, 5) is 14.4. The SMILES string of the molecule is CCN(Cc1ccccc1)C(=O)CSc1nnc(Nc2ccccc2C)s1. The van der Waals surface area contributed by atoms with Crippen molar-refractivity contribution in [1.29, 1.82) is 0 Å². The summed E-state index contributed by atoms with van der Waals surface area (Å²) in [7, 11) is 0. The number of rotatable bonds is 8. The first-order valence-corrected chi connectivity index (χ1v) is 10.6. The number of aromatic nitrogens is 2. The molecule has 0 aliphatic rings. The van der Waals surface area contributed by atoms with Gasteiger partial charge in [0.05, 0.1) is 5.75 Å². The summed E-state index contributed by atoms with van der Waals surface area (Å²) in [6.07, 6.45) is 0. The predicted molar refractivity (Wildman–Crippen MR) is 113 cm³/mol. The summed E-state index contributed by atoms with van der Waals surface area (Å²) in [5, 5.41) is 12.4. The van der Waals surface area contributed by atoms with Crippen LogP contribution < -0.4 is 5.32 Å². The van der Waals surface area contributed by atoms with Crippen LogP contribution in [0.15, 0.2) is 58.9 Å². The predicted octanol–water partition coefficient (Wildman–Crippen LogP) is 4.73. The summed E-state index contributed by atoms with van der Waals surface area (Å²) < 4.78 is 0.787. The Morgan fingerprint density at radius 1 is 1.11 bits per heavy atom. The number of carbonyl (C=O) groups excluding carboxylic acids is 1. The summed E-state index contributed by atoms with van der Waals surface area (Å²) in [5.74, 6) is 0.467. The van der Waals surface area contributed by atoms with E-state index in [9.17, 15) is 4.79 Å². The number of aryl methyl sites for hydroxylation is 1. The van der Waals surface area contributed by atoms with E-state index in [0.29, 0.717) is 18.8 Å². The molecule has 0 aliphatic carbocycles. The number of carbonyl (C=O) groups is 1. The van der Waals surface area contributed by atoms with Crippen molar-refractivity contribution in [3.63, 3.8) is 0 Å². The zero-order chi connectivity index (χ0) is 19.1. The van der Waals surface area contributed by atoms with Gasteiger partial charge in [-0.1, -0.05) is 71.6 Å². The quantitative estimate of drug-likeness (QED) is 0.556.